The summed E-state index contributed by atoms with van der Waals surface area (Å²) in [7, 11) is 0. The van der Waals surface area contributed by atoms with E-state index in [0.29, 0.717) is 17.4 Å². The summed E-state index contributed by atoms with van der Waals surface area (Å²) >= 11 is 11.8. The van der Waals surface area contributed by atoms with Crippen molar-refractivity contribution in [3.05, 3.63) is 51.3 Å². The smallest absolute Gasteiger partial charge is 0.275 e. The monoisotopic (exact) mass is 284 g/mol. The Balaban J connectivity index is 2.61. The highest BCUT2D eigenvalue weighted by molar-refractivity contribution is 6.35. The molecule has 0 aliphatic rings. The first kappa shape index (κ1) is 12.9. The zero-order valence-electron chi connectivity index (χ0n) is 9.60. The quantitative estimate of drug-likeness (QED) is 0.813. The molecule has 0 bridgehead atoms. The molecule has 5 nitrogen and oxygen atoms in total. The Morgan fingerprint density at radius 1 is 1.50 bits per heavy atom. The topological polar surface area (TPSA) is 52.7 Å². The van der Waals surface area contributed by atoms with E-state index in [-0.39, 0.29) is 16.5 Å². The summed E-state index contributed by atoms with van der Waals surface area (Å²) in [5.41, 5.74) is -0.316. The van der Waals surface area contributed by atoms with Crippen LogP contribution in [0.25, 0.3) is 5.82 Å². The molecule has 0 amide bonds. The molecular weight excluding hydrogens is 275 g/mol. The van der Waals surface area contributed by atoms with E-state index in [0.717, 1.165) is 4.68 Å². The molecule has 0 spiro atoms. The number of aromatic nitrogens is 4. The van der Waals surface area contributed by atoms with Gasteiger partial charge in [-0.2, -0.15) is 4.68 Å². The Morgan fingerprint density at radius 2 is 2.22 bits per heavy atom. The van der Waals surface area contributed by atoms with Crippen molar-refractivity contribution in [3.8, 4) is 5.82 Å². The van der Waals surface area contributed by atoms with Gasteiger partial charge in [-0.1, -0.05) is 29.3 Å². The number of aryl methyl sites for hydroxylation is 1. The van der Waals surface area contributed by atoms with E-state index < -0.39 is 0 Å². The van der Waals surface area contributed by atoms with Gasteiger partial charge >= 0.3 is 5.69 Å². The van der Waals surface area contributed by atoms with Gasteiger partial charge in [-0.3, -0.25) is 4.57 Å². The van der Waals surface area contributed by atoms with Crippen molar-refractivity contribution in [2.75, 3.05) is 0 Å². The largest absolute Gasteiger partial charge is 0.352 e. The van der Waals surface area contributed by atoms with E-state index >= 15 is 0 Å². The lowest BCUT2D eigenvalue weighted by Gasteiger charge is -2.01. The van der Waals surface area contributed by atoms with Crippen molar-refractivity contribution in [2.24, 2.45) is 0 Å². The van der Waals surface area contributed by atoms with Crippen LogP contribution >= 0.6 is 23.2 Å². The Morgan fingerprint density at radius 3 is 2.83 bits per heavy atom. The van der Waals surface area contributed by atoms with Gasteiger partial charge in [0.15, 0.2) is 5.82 Å². The second-order valence-electron chi connectivity index (χ2n) is 3.60. The van der Waals surface area contributed by atoms with E-state index in [1.807, 2.05) is 0 Å². The lowest BCUT2D eigenvalue weighted by molar-refractivity contribution is 0.734. The maximum atomic E-state index is 12.1. The van der Waals surface area contributed by atoms with Crippen molar-refractivity contribution in [1.29, 1.82) is 0 Å². The molecule has 0 saturated heterocycles. The molecule has 7 heteroatoms. The van der Waals surface area contributed by atoms with Crippen LogP contribution in [0.15, 0.2) is 29.7 Å². The van der Waals surface area contributed by atoms with Crippen molar-refractivity contribution >= 4 is 23.2 Å². The predicted molar refractivity (Wildman–Crippen MR) is 70.6 cm³/mol. The molecule has 0 fully saturated rings. The Kier molecular flexibility index (Phi) is 3.54. The molecular formula is C11H10Cl2N4O. The number of halogens is 2. The van der Waals surface area contributed by atoms with E-state index in [4.69, 9.17) is 23.2 Å². The van der Waals surface area contributed by atoms with Crippen LogP contribution < -0.4 is 5.69 Å². The van der Waals surface area contributed by atoms with Crippen LogP contribution in [-0.2, 0) is 6.54 Å². The first-order valence-corrected chi connectivity index (χ1v) is 5.89. The van der Waals surface area contributed by atoms with Gasteiger partial charge in [0.25, 0.3) is 0 Å². The third-order valence-corrected chi connectivity index (χ3v) is 2.83. The molecule has 0 saturated carbocycles. The lowest BCUT2D eigenvalue weighted by Crippen LogP contribution is -2.24. The fourth-order valence-corrected chi connectivity index (χ4v) is 1.99. The zero-order chi connectivity index (χ0) is 13.3. The van der Waals surface area contributed by atoms with Gasteiger partial charge in [0.2, 0.25) is 0 Å². The minimum Gasteiger partial charge on any atom is -0.275 e. The number of rotatable bonds is 3. The normalized spacial score (nSPS) is 10.6. The standard InChI is InChI=1S/C11H10Cl2N4O/c1-3-4-16-7(2)15-17(11(16)18)10-9(13)5-8(12)6-14-10/h3,5-6H,1,4H2,2H3. The second kappa shape index (κ2) is 4.96. The maximum Gasteiger partial charge on any atom is 0.352 e. The number of nitrogens with zero attached hydrogens (tertiary/aromatic N) is 4. The highest BCUT2D eigenvalue weighted by Gasteiger charge is 2.14. The average Bonchev–Trinajstić information content (AvgIpc) is 2.58. The highest BCUT2D eigenvalue weighted by Crippen LogP contribution is 2.20. The number of pyridine rings is 1. The molecule has 2 heterocycles. The molecule has 2 aromatic rings. The van der Waals surface area contributed by atoms with Crippen LogP contribution in [0.3, 0.4) is 0 Å². The fraction of sp³-hybridized carbons (Fsp3) is 0.182. The summed E-state index contributed by atoms with van der Waals surface area (Å²) in [5, 5.41) is 4.79. The van der Waals surface area contributed by atoms with E-state index in [1.165, 1.54) is 16.8 Å². The van der Waals surface area contributed by atoms with Crippen molar-refractivity contribution < 1.29 is 0 Å². The Hall–Kier alpha value is -1.59. The van der Waals surface area contributed by atoms with Crippen LogP contribution in [-0.4, -0.2) is 19.3 Å². The Labute approximate surface area is 113 Å². The predicted octanol–water partition coefficient (Wildman–Crippen LogP) is 2.23. The lowest BCUT2D eigenvalue weighted by atomic mass is 10.4. The molecule has 2 rings (SSSR count). The van der Waals surface area contributed by atoms with E-state index in [1.54, 1.807) is 13.0 Å². The van der Waals surface area contributed by atoms with Gasteiger partial charge in [-0.05, 0) is 13.0 Å². The average molecular weight is 285 g/mol. The zero-order valence-corrected chi connectivity index (χ0v) is 11.1. The number of hydrogen-bond donors (Lipinski definition) is 0. The molecule has 94 valence electrons. The van der Waals surface area contributed by atoms with E-state index in [2.05, 4.69) is 16.7 Å². The SMILES string of the molecule is C=CCn1c(C)nn(-c2ncc(Cl)cc2Cl)c1=O. The van der Waals surface area contributed by atoms with Crippen molar-refractivity contribution in [3.63, 3.8) is 0 Å². The molecule has 18 heavy (non-hydrogen) atoms. The number of allylic oxidation sites excluding steroid dienone is 1. The van der Waals surface area contributed by atoms with E-state index in [9.17, 15) is 4.79 Å². The molecule has 0 aliphatic heterocycles. The molecule has 0 aromatic carbocycles. The maximum absolute atomic E-state index is 12.1. The number of hydrogen-bond acceptors (Lipinski definition) is 3. The molecule has 0 atom stereocenters. The van der Waals surface area contributed by atoms with Crippen molar-refractivity contribution in [1.82, 2.24) is 19.3 Å². The first-order valence-electron chi connectivity index (χ1n) is 5.13. The Bertz CT molecular complexity index is 660. The van der Waals surface area contributed by atoms with Crippen molar-refractivity contribution in [2.45, 2.75) is 13.5 Å². The minimum absolute atomic E-state index is 0.261. The van der Waals surface area contributed by atoms with Gasteiger partial charge < -0.3 is 0 Å². The highest BCUT2D eigenvalue weighted by atomic mass is 35.5. The summed E-state index contributed by atoms with van der Waals surface area (Å²) in [4.78, 5) is 16.1. The molecule has 0 aliphatic carbocycles. The van der Waals surface area contributed by atoms with Crippen LogP contribution in [0.5, 0.6) is 0 Å². The second-order valence-corrected chi connectivity index (χ2v) is 4.44. The van der Waals surface area contributed by atoms with Gasteiger partial charge in [-0.15, -0.1) is 11.7 Å². The third-order valence-electron chi connectivity index (χ3n) is 2.35. The summed E-state index contributed by atoms with van der Waals surface area (Å²) in [6.07, 6.45) is 3.04. The fourth-order valence-electron chi connectivity index (χ4n) is 1.53. The molecule has 0 N–H and O–H groups in total. The van der Waals surface area contributed by atoms with Gasteiger partial charge in [0.05, 0.1) is 10.0 Å². The van der Waals surface area contributed by atoms with Gasteiger partial charge in [0, 0.05) is 12.7 Å². The van der Waals surface area contributed by atoms with Crippen LogP contribution in [0, 0.1) is 6.92 Å². The molecule has 0 radical (unpaired) electrons. The summed E-state index contributed by atoms with van der Waals surface area (Å²) < 4.78 is 2.62. The summed E-state index contributed by atoms with van der Waals surface area (Å²) in [6.45, 7) is 5.71. The molecule has 0 unspecified atom stereocenters. The molecule has 2 aromatic heterocycles. The summed E-state index contributed by atoms with van der Waals surface area (Å²) in [5.74, 6) is 0.824. The summed E-state index contributed by atoms with van der Waals surface area (Å²) in [6, 6.07) is 1.51. The minimum atomic E-state index is -0.316. The third kappa shape index (κ3) is 2.19. The first-order chi connectivity index (χ1) is 8.54. The van der Waals surface area contributed by atoms with Gasteiger partial charge in [-0.25, -0.2) is 9.78 Å². The van der Waals surface area contributed by atoms with Crippen LogP contribution in [0.2, 0.25) is 10.0 Å². The van der Waals surface area contributed by atoms with Crippen LogP contribution in [0.4, 0.5) is 0 Å². The van der Waals surface area contributed by atoms with Crippen LogP contribution in [0.1, 0.15) is 5.82 Å². The van der Waals surface area contributed by atoms with Gasteiger partial charge in [0.1, 0.15) is 5.82 Å².